The van der Waals surface area contributed by atoms with Gasteiger partial charge in [-0.3, -0.25) is 4.90 Å². The number of halogens is 2. The third kappa shape index (κ3) is 4.39. The second-order valence-corrected chi connectivity index (χ2v) is 5.16. The molecule has 0 saturated heterocycles. The van der Waals surface area contributed by atoms with Crippen LogP contribution in [0.4, 0.5) is 8.78 Å². The van der Waals surface area contributed by atoms with E-state index in [1.165, 1.54) is 12.1 Å². The van der Waals surface area contributed by atoms with Crippen LogP contribution in [0.3, 0.4) is 0 Å². The summed E-state index contributed by atoms with van der Waals surface area (Å²) in [6.07, 6.45) is 1.66. The lowest BCUT2D eigenvalue weighted by Crippen LogP contribution is -2.35. The Bertz CT molecular complexity index is 548. The van der Waals surface area contributed by atoms with Crippen molar-refractivity contribution in [1.29, 1.82) is 0 Å². The van der Waals surface area contributed by atoms with E-state index in [2.05, 4.69) is 24.1 Å². The van der Waals surface area contributed by atoms with Crippen molar-refractivity contribution in [2.24, 2.45) is 0 Å². The van der Waals surface area contributed by atoms with Crippen LogP contribution in [0.25, 0.3) is 0 Å². The lowest BCUT2D eigenvalue weighted by atomic mass is 10.1. The SMILES string of the molecule is CCN(CC)[C@H](CNCc1cc(F)cc(F)c1)c1ccco1. The Balaban J connectivity index is 1.99. The third-order valence-corrected chi connectivity index (χ3v) is 3.71. The number of nitrogens with zero attached hydrogens (tertiary/aromatic N) is 1. The van der Waals surface area contributed by atoms with Crippen LogP contribution in [0.2, 0.25) is 0 Å². The zero-order valence-electron chi connectivity index (χ0n) is 13.0. The quantitative estimate of drug-likeness (QED) is 0.805. The average molecular weight is 308 g/mol. The van der Waals surface area contributed by atoms with Gasteiger partial charge in [0.25, 0.3) is 0 Å². The van der Waals surface area contributed by atoms with Gasteiger partial charge in [-0.05, 0) is 42.9 Å². The first kappa shape index (κ1) is 16.6. The molecule has 1 heterocycles. The minimum Gasteiger partial charge on any atom is -0.468 e. The van der Waals surface area contributed by atoms with Crippen molar-refractivity contribution in [3.63, 3.8) is 0 Å². The van der Waals surface area contributed by atoms with Gasteiger partial charge in [0.1, 0.15) is 17.4 Å². The fourth-order valence-electron chi connectivity index (χ4n) is 2.62. The molecule has 0 fully saturated rings. The van der Waals surface area contributed by atoms with E-state index in [1.807, 2.05) is 12.1 Å². The summed E-state index contributed by atoms with van der Waals surface area (Å²) >= 11 is 0. The molecule has 0 amide bonds. The molecule has 0 aliphatic heterocycles. The topological polar surface area (TPSA) is 28.4 Å². The van der Waals surface area contributed by atoms with Crippen LogP contribution >= 0.6 is 0 Å². The highest BCUT2D eigenvalue weighted by Gasteiger charge is 2.20. The minimum atomic E-state index is -0.553. The second kappa shape index (κ2) is 8.06. The average Bonchev–Trinajstić information content (AvgIpc) is 2.99. The van der Waals surface area contributed by atoms with Gasteiger partial charge in [0.05, 0.1) is 12.3 Å². The predicted molar refractivity (Wildman–Crippen MR) is 82.4 cm³/mol. The molecule has 5 heteroatoms. The molecule has 1 aromatic carbocycles. The van der Waals surface area contributed by atoms with Crippen LogP contribution in [0.15, 0.2) is 41.0 Å². The highest BCUT2D eigenvalue weighted by molar-refractivity contribution is 5.17. The van der Waals surface area contributed by atoms with Gasteiger partial charge in [0.15, 0.2) is 0 Å². The molecule has 0 aliphatic rings. The molecule has 0 spiro atoms. The summed E-state index contributed by atoms with van der Waals surface area (Å²) in [5.41, 5.74) is 0.593. The van der Waals surface area contributed by atoms with E-state index >= 15 is 0 Å². The van der Waals surface area contributed by atoms with E-state index in [9.17, 15) is 8.78 Å². The summed E-state index contributed by atoms with van der Waals surface area (Å²) in [6, 6.07) is 7.49. The Morgan fingerprint density at radius 2 is 1.82 bits per heavy atom. The summed E-state index contributed by atoms with van der Waals surface area (Å²) in [5.74, 6) is -0.215. The largest absolute Gasteiger partial charge is 0.468 e. The van der Waals surface area contributed by atoms with Crippen LogP contribution in [-0.2, 0) is 6.54 Å². The molecular formula is C17H22F2N2O. The standard InChI is InChI=1S/C17H22F2N2O/c1-3-21(4-2)16(17-6-5-7-22-17)12-20-11-13-8-14(18)10-15(19)9-13/h5-10,16,20H,3-4,11-12H2,1-2H3/t16-/m1/s1. The van der Waals surface area contributed by atoms with Gasteiger partial charge in [-0.15, -0.1) is 0 Å². The first-order chi connectivity index (χ1) is 10.6. The Morgan fingerprint density at radius 3 is 2.36 bits per heavy atom. The summed E-state index contributed by atoms with van der Waals surface area (Å²) < 4.78 is 31.9. The van der Waals surface area contributed by atoms with Gasteiger partial charge >= 0.3 is 0 Å². The number of hydrogen-bond donors (Lipinski definition) is 1. The molecule has 1 aromatic heterocycles. The van der Waals surface area contributed by atoms with E-state index in [-0.39, 0.29) is 6.04 Å². The molecule has 0 radical (unpaired) electrons. The highest BCUT2D eigenvalue weighted by Crippen LogP contribution is 2.20. The van der Waals surface area contributed by atoms with Crippen LogP contribution < -0.4 is 5.32 Å². The number of hydrogen-bond acceptors (Lipinski definition) is 3. The van der Waals surface area contributed by atoms with Crippen LogP contribution in [0.1, 0.15) is 31.2 Å². The van der Waals surface area contributed by atoms with Crippen molar-refractivity contribution in [2.45, 2.75) is 26.4 Å². The van der Waals surface area contributed by atoms with Crippen LogP contribution in [0, 0.1) is 11.6 Å². The van der Waals surface area contributed by atoms with Crippen LogP contribution in [-0.4, -0.2) is 24.5 Å². The first-order valence-corrected chi connectivity index (χ1v) is 7.57. The Labute approximate surface area is 129 Å². The number of likely N-dealkylation sites (N-methyl/N-ethyl adjacent to an activating group) is 1. The van der Waals surface area contributed by atoms with Crippen molar-refractivity contribution in [2.75, 3.05) is 19.6 Å². The van der Waals surface area contributed by atoms with E-state index in [0.29, 0.717) is 18.7 Å². The van der Waals surface area contributed by atoms with Gasteiger partial charge in [0.2, 0.25) is 0 Å². The van der Waals surface area contributed by atoms with E-state index in [0.717, 1.165) is 24.9 Å². The van der Waals surface area contributed by atoms with Crippen molar-refractivity contribution in [3.05, 3.63) is 59.6 Å². The van der Waals surface area contributed by atoms with Gasteiger partial charge < -0.3 is 9.73 Å². The number of nitrogens with one attached hydrogen (secondary N) is 1. The molecule has 2 rings (SSSR count). The molecule has 120 valence electrons. The monoisotopic (exact) mass is 308 g/mol. The normalized spacial score (nSPS) is 12.8. The van der Waals surface area contributed by atoms with Gasteiger partial charge in [-0.1, -0.05) is 13.8 Å². The molecule has 0 bridgehead atoms. The summed E-state index contributed by atoms with van der Waals surface area (Å²) in [4.78, 5) is 2.28. The molecule has 0 saturated carbocycles. The Morgan fingerprint density at radius 1 is 1.14 bits per heavy atom. The lowest BCUT2D eigenvalue weighted by molar-refractivity contribution is 0.188. The third-order valence-electron chi connectivity index (χ3n) is 3.71. The molecule has 2 aromatic rings. The molecule has 0 aliphatic carbocycles. The molecule has 1 atom stereocenters. The van der Waals surface area contributed by atoms with E-state index < -0.39 is 11.6 Å². The van der Waals surface area contributed by atoms with Gasteiger partial charge in [-0.2, -0.15) is 0 Å². The van der Waals surface area contributed by atoms with E-state index in [1.54, 1.807) is 6.26 Å². The molecule has 22 heavy (non-hydrogen) atoms. The van der Waals surface area contributed by atoms with Crippen LogP contribution in [0.5, 0.6) is 0 Å². The minimum absolute atomic E-state index is 0.100. The molecule has 3 nitrogen and oxygen atoms in total. The number of furan rings is 1. The van der Waals surface area contributed by atoms with Gasteiger partial charge in [0, 0.05) is 19.2 Å². The summed E-state index contributed by atoms with van der Waals surface area (Å²) in [5, 5.41) is 3.26. The fourth-order valence-corrected chi connectivity index (χ4v) is 2.62. The second-order valence-electron chi connectivity index (χ2n) is 5.16. The maximum atomic E-state index is 13.2. The van der Waals surface area contributed by atoms with Gasteiger partial charge in [-0.25, -0.2) is 8.78 Å². The number of rotatable bonds is 8. The molecular weight excluding hydrogens is 286 g/mol. The van der Waals surface area contributed by atoms with Crippen molar-refractivity contribution >= 4 is 0 Å². The predicted octanol–water partition coefficient (Wildman–Crippen LogP) is 3.73. The maximum absolute atomic E-state index is 13.2. The van der Waals surface area contributed by atoms with E-state index in [4.69, 9.17) is 4.42 Å². The number of benzene rings is 1. The summed E-state index contributed by atoms with van der Waals surface area (Å²) in [7, 11) is 0. The Kier molecular flexibility index (Phi) is 6.10. The molecule has 1 N–H and O–H groups in total. The van der Waals surface area contributed by atoms with Crippen molar-refractivity contribution in [1.82, 2.24) is 10.2 Å². The summed E-state index contributed by atoms with van der Waals surface area (Å²) in [6.45, 7) is 7.06. The first-order valence-electron chi connectivity index (χ1n) is 7.57. The lowest BCUT2D eigenvalue weighted by Gasteiger charge is -2.28. The molecule has 0 unspecified atom stereocenters. The van der Waals surface area contributed by atoms with Crippen molar-refractivity contribution < 1.29 is 13.2 Å². The van der Waals surface area contributed by atoms with Crippen molar-refractivity contribution in [3.8, 4) is 0 Å². The fraction of sp³-hybridized carbons (Fsp3) is 0.412. The smallest absolute Gasteiger partial charge is 0.126 e. The highest BCUT2D eigenvalue weighted by atomic mass is 19.1. The Hall–Kier alpha value is -1.72. The maximum Gasteiger partial charge on any atom is 0.126 e. The zero-order chi connectivity index (χ0) is 15.9. The zero-order valence-corrected chi connectivity index (χ0v) is 13.0.